The Morgan fingerprint density at radius 2 is 1.94 bits per heavy atom. The summed E-state index contributed by atoms with van der Waals surface area (Å²) in [4.78, 5) is 0.897. The summed E-state index contributed by atoms with van der Waals surface area (Å²) in [5.41, 5.74) is 0. The fourth-order valence-corrected chi connectivity index (χ4v) is 4.39. The van der Waals surface area contributed by atoms with Crippen LogP contribution >= 0.6 is 11.3 Å². The Morgan fingerprint density at radius 1 is 1.31 bits per heavy atom. The molecule has 1 N–H and O–H groups in total. The Labute approximate surface area is 101 Å². The third-order valence-corrected chi connectivity index (χ3v) is 5.96. The topological polar surface area (TPSA) is 57.6 Å². The third kappa shape index (κ3) is 2.82. The van der Waals surface area contributed by atoms with E-state index in [1.165, 1.54) is 15.6 Å². The molecule has 1 aromatic heterocycles. The summed E-state index contributed by atoms with van der Waals surface area (Å²) >= 11 is 1.23. The molecule has 1 heterocycles. The lowest BCUT2D eigenvalue weighted by Crippen LogP contribution is -2.29. The molecule has 0 spiro atoms. The first-order valence-electron chi connectivity index (χ1n) is 5.26. The molecule has 4 nitrogen and oxygen atoms in total. The van der Waals surface area contributed by atoms with E-state index >= 15 is 0 Å². The van der Waals surface area contributed by atoms with Crippen LogP contribution in [0.15, 0.2) is 16.3 Å². The van der Waals surface area contributed by atoms with Gasteiger partial charge in [0.25, 0.3) is 10.0 Å². The lowest BCUT2D eigenvalue weighted by molar-refractivity contribution is 0.300. The molecule has 0 aliphatic carbocycles. The maximum atomic E-state index is 12.1. The molecule has 0 unspecified atom stereocenters. The molecule has 92 valence electrons. The highest BCUT2D eigenvalue weighted by atomic mass is 32.2. The van der Waals surface area contributed by atoms with Crippen molar-refractivity contribution >= 4 is 21.4 Å². The first kappa shape index (κ1) is 13.6. The van der Waals surface area contributed by atoms with Gasteiger partial charge in [0.2, 0.25) is 0 Å². The van der Waals surface area contributed by atoms with E-state index in [9.17, 15) is 8.42 Å². The molecule has 1 rings (SSSR count). The Bertz CT molecular complexity index is 421. The minimum atomic E-state index is -3.33. The molecule has 0 aromatic carbocycles. The van der Waals surface area contributed by atoms with Gasteiger partial charge < -0.3 is 5.11 Å². The van der Waals surface area contributed by atoms with Crippen molar-refractivity contribution in [2.45, 2.75) is 24.5 Å². The quantitative estimate of drug-likeness (QED) is 0.842. The maximum absolute atomic E-state index is 12.1. The van der Waals surface area contributed by atoms with Crippen LogP contribution in [0, 0.1) is 0 Å². The zero-order valence-electron chi connectivity index (χ0n) is 9.51. The van der Waals surface area contributed by atoms with E-state index in [1.807, 2.05) is 13.8 Å². The van der Waals surface area contributed by atoms with Gasteiger partial charge in [0.1, 0.15) is 4.21 Å². The molecule has 0 aliphatic heterocycles. The normalized spacial score (nSPS) is 12.2. The summed E-state index contributed by atoms with van der Waals surface area (Å²) in [6, 6.07) is 3.38. The summed E-state index contributed by atoms with van der Waals surface area (Å²) in [5.74, 6) is 0. The number of aliphatic hydroxyl groups excluding tert-OH is 1. The highest BCUT2D eigenvalue weighted by Crippen LogP contribution is 2.24. The number of nitrogens with zero attached hydrogens (tertiary/aromatic N) is 1. The van der Waals surface area contributed by atoms with Gasteiger partial charge in [0.05, 0.1) is 0 Å². The number of thiophene rings is 1. The summed E-state index contributed by atoms with van der Waals surface area (Å²) in [6.45, 7) is 4.65. The Balaban J connectivity index is 2.97. The standard InChI is InChI=1S/C10H17NO3S2/c1-3-11(4-2)16(13,14)10-6-5-9(15-10)7-8-12/h5-6,12H,3-4,7-8H2,1-2H3. The molecule has 6 heteroatoms. The van der Waals surface area contributed by atoms with Crippen molar-refractivity contribution in [3.63, 3.8) is 0 Å². The van der Waals surface area contributed by atoms with Gasteiger partial charge in [-0.3, -0.25) is 0 Å². The minimum Gasteiger partial charge on any atom is -0.396 e. The molecular formula is C10H17NO3S2. The van der Waals surface area contributed by atoms with Gasteiger partial charge in [-0.15, -0.1) is 11.3 Å². The number of rotatable bonds is 6. The molecule has 16 heavy (non-hydrogen) atoms. The summed E-state index contributed by atoms with van der Waals surface area (Å²) in [7, 11) is -3.33. The Hall–Kier alpha value is -0.430. The highest BCUT2D eigenvalue weighted by Gasteiger charge is 2.23. The van der Waals surface area contributed by atoms with Crippen molar-refractivity contribution in [2.75, 3.05) is 19.7 Å². The van der Waals surface area contributed by atoms with E-state index in [4.69, 9.17) is 5.11 Å². The van der Waals surface area contributed by atoms with Crippen molar-refractivity contribution in [3.05, 3.63) is 17.0 Å². The predicted octanol–water partition coefficient (Wildman–Crippen LogP) is 1.31. The van der Waals surface area contributed by atoms with Crippen molar-refractivity contribution < 1.29 is 13.5 Å². The predicted molar refractivity (Wildman–Crippen MR) is 65.2 cm³/mol. The van der Waals surface area contributed by atoms with Gasteiger partial charge in [-0.25, -0.2) is 8.42 Å². The van der Waals surface area contributed by atoms with E-state index < -0.39 is 10.0 Å². The molecule has 0 bridgehead atoms. The number of hydrogen-bond acceptors (Lipinski definition) is 4. The van der Waals surface area contributed by atoms with Crippen LogP contribution in [0.4, 0.5) is 0 Å². The van der Waals surface area contributed by atoms with E-state index in [1.54, 1.807) is 12.1 Å². The van der Waals surface area contributed by atoms with Crippen molar-refractivity contribution in [3.8, 4) is 0 Å². The summed E-state index contributed by atoms with van der Waals surface area (Å²) in [6.07, 6.45) is 0.512. The molecule has 0 fully saturated rings. The van der Waals surface area contributed by atoms with Crippen molar-refractivity contribution in [2.24, 2.45) is 0 Å². The van der Waals surface area contributed by atoms with Gasteiger partial charge in [0.15, 0.2) is 0 Å². The highest BCUT2D eigenvalue weighted by molar-refractivity contribution is 7.91. The minimum absolute atomic E-state index is 0.0469. The zero-order valence-corrected chi connectivity index (χ0v) is 11.1. The fraction of sp³-hybridized carbons (Fsp3) is 0.600. The van der Waals surface area contributed by atoms with Gasteiger partial charge >= 0.3 is 0 Å². The van der Waals surface area contributed by atoms with E-state index in [0.29, 0.717) is 23.7 Å². The lowest BCUT2D eigenvalue weighted by atomic mass is 10.4. The number of hydrogen-bond donors (Lipinski definition) is 1. The largest absolute Gasteiger partial charge is 0.396 e. The number of aliphatic hydroxyl groups is 1. The lowest BCUT2D eigenvalue weighted by Gasteiger charge is -2.16. The summed E-state index contributed by atoms with van der Waals surface area (Å²) in [5, 5.41) is 8.78. The molecule has 0 amide bonds. The molecule has 0 atom stereocenters. The number of sulfonamides is 1. The van der Waals surface area contributed by atoms with Gasteiger partial charge in [-0.1, -0.05) is 13.8 Å². The first-order chi connectivity index (χ1) is 7.56. The third-order valence-electron chi connectivity index (χ3n) is 2.29. The van der Waals surface area contributed by atoms with E-state index in [-0.39, 0.29) is 6.61 Å². The van der Waals surface area contributed by atoms with Gasteiger partial charge in [-0.05, 0) is 12.1 Å². The van der Waals surface area contributed by atoms with Crippen LogP contribution in [-0.2, 0) is 16.4 Å². The van der Waals surface area contributed by atoms with Crippen LogP contribution in [-0.4, -0.2) is 37.5 Å². The zero-order chi connectivity index (χ0) is 12.2. The second-order valence-electron chi connectivity index (χ2n) is 3.28. The average molecular weight is 263 g/mol. The van der Waals surface area contributed by atoms with Crippen LogP contribution < -0.4 is 0 Å². The summed E-state index contributed by atoms with van der Waals surface area (Å²) < 4.78 is 26.0. The first-order valence-corrected chi connectivity index (χ1v) is 7.51. The van der Waals surface area contributed by atoms with Gasteiger partial charge in [0, 0.05) is 31.0 Å². The van der Waals surface area contributed by atoms with E-state index in [2.05, 4.69) is 0 Å². The fourth-order valence-electron chi connectivity index (χ4n) is 1.43. The molecule has 0 saturated heterocycles. The second-order valence-corrected chi connectivity index (χ2v) is 6.62. The Morgan fingerprint density at radius 3 is 2.44 bits per heavy atom. The SMILES string of the molecule is CCN(CC)S(=O)(=O)c1ccc(CCO)s1. The van der Waals surface area contributed by atoms with Crippen LogP contribution in [0.1, 0.15) is 18.7 Å². The van der Waals surface area contributed by atoms with Crippen LogP contribution in [0.5, 0.6) is 0 Å². The Kier molecular flexibility index (Phi) is 4.91. The molecule has 1 aromatic rings. The molecule has 0 radical (unpaired) electrons. The van der Waals surface area contributed by atoms with Crippen molar-refractivity contribution in [1.29, 1.82) is 0 Å². The maximum Gasteiger partial charge on any atom is 0.252 e. The van der Waals surface area contributed by atoms with Crippen LogP contribution in [0.3, 0.4) is 0 Å². The second kappa shape index (κ2) is 5.77. The van der Waals surface area contributed by atoms with Crippen molar-refractivity contribution in [1.82, 2.24) is 4.31 Å². The smallest absolute Gasteiger partial charge is 0.252 e. The van der Waals surface area contributed by atoms with Gasteiger partial charge in [-0.2, -0.15) is 4.31 Å². The molecular weight excluding hydrogens is 246 g/mol. The molecule has 0 aliphatic rings. The van der Waals surface area contributed by atoms with E-state index in [0.717, 1.165) is 4.88 Å². The van der Waals surface area contributed by atoms with Crippen LogP contribution in [0.25, 0.3) is 0 Å². The monoisotopic (exact) mass is 263 g/mol. The van der Waals surface area contributed by atoms with Crippen LogP contribution in [0.2, 0.25) is 0 Å². The molecule has 0 saturated carbocycles. The average Bonchev–Trinajstić information content (AvgIpc) is 2.69.